The second-order valence-corrected chi connectivity index (χ2v) is 9.78. The third kappa shape index (κ3) is 4.45. The molecule has 5 rings (SSSR count). The van der Waals surface area contributed by atoms with Crippen molar-refractivity contribution in [2.45, 2.75) is 36.9 Å². The molecule has 1 aliphatic rings. The summed E-state index contributed by atoms with van der Waals surface area (Å²) in [5, 5.41) is 12.2. The maximum Gasteiger partial charge on any atom is 0.188 e. The molecule has 1 heterocycles. The third-order valence-corrected chi connectivity index (χ3v) is 7.70. The Labute approximate surface area is 218 Å². The Bertz CT molecular complexity index is 1240. The van der Waals surface area contributed by atoms with E-state index >= 15 is 0 Å². The third-order valence-electron chi connectivity index (χ3n) is 7.34. The molecule has 1 aliphatic heterocycles. The number of likely N-dealkylation sites (tertiary alicyclic amines) is 1. The van der Waals surface area contributed by atoms with Crippen molar-refractivity contribution in [1.29, 1.82) is 0 Å². The summed E-state index contributed by atoms with van der Waals surface area (Å²) in [5.41, 5.74) is 4.37. The zero-order chi connectivity index (χ0) is 25.0. The van der Waals surface area contributed by atoms with E-state index in [-0.39, 0.29) is 6.04 Å². The molecule has 0 amide bonds. The summed E-state index contributed by atoms with van der Waals surface area (Å²) in [6.07, 6.45) is 1.72. The smallest absolute Gasteiger partial charge is 0.188 e. The molecule has 4 aromatic carbocycles. The van der Waals surface area contributed by atoms with E-state index in [2.05, 4.69) is 101 Å². The Morgan fingerprint density at radius 1 is 0.861 bits per heavy atom. The van der Waals surface area contributed by atoms with Gasteiger partial charge in [-0.1, -0.05) is 115 Å². The predicted octanol–water partition coefficient (Wildman–Crippen LogP) is 7.25. The molecule has 0 spiro atoms. The summed E-state index contributed by atoms with van der Waals surface area (Å²) in [4.78, 5) is 5.97. The molecule has 4 heteroatoms. The van der Waals surface area contributed by atoms with Crippen LogP contribution in [0.15, 0.2) is 109 Å². The molecule has 180 valence electrons. The van der Waals surface area contributed by atoms with E-state index in [9.17, 15) is 5.11 Å². The average Bonchev–Trinajstić information content (AvgIpc) is 3.42. The van der Waals surface area contributed by atoms with Crippen molar-refractivity contribution in [2.24, 2.45) is 0 Å². The zero-order valence-corrected chi connectivity index (χ0v) is 20.9. The van der Waals surface area contributed by atoms with E-state index in [0.29, 0.717) is 17.1 Å². The van der Waals surface area contributed by atoms with Crippen molar-refractivity contribution in [3.05, 3.63) is 148 Å². The minimum atomic E-state index is -0.612. The summed E-state index contributed by atoms with van der Waals surface area (Å²) < 4.78 is 0. The van der Waals surface area contributed by atoms with Gasteiger partial charge in [0.1, 0.15) is 0 Å². The number of halogens is 1. The van der Waals surface area contributed by atoms with Gasteiger partial charge in [0.25, 0.3) is 0 Å². The fraction of sp³-hybridized carbons (Fsp3) is 0.219. The molecular formula is C32H29ClN2O. The Morgan fingerprint density at radius 3 is 1.86 bits per heavy atom. The minimum Gasteiger partial charge on any atom is -0.391 e. The highest BCUT2D eigenvalue weighted by Gasteiger charge is 2.48. The highest BCUT2D eigenvalue weighted by molar-refractivity contribution is 6.31. The lowest BCUT2D eigenvalue weighted by Crippen LogP contribution is -2.54. The lowest BCUT2D eigenvalue weighted by atomic mass is 9.74. The fourth-order valence-corrected chi connectivity index (χ4v) is 6.03. The van der Waals surface area contributed by atoms with E-state index in [1.54, 1.807) is 12.1 Å². The minimum absolute atomic E-state index is 0.0674. The predicted molar refractivity (Wildman–Crippen MR) is 146 cm³/mol. The first-order valence-corrected chi connectivity index (χ1v) is 12.8. The van der Waals surface area contributed by atoms with E-state index in [0.717, 1.165) is 24.9 Å². The number of aliphatic hydroxyl groups is 1. The number of hydrogen-bond donors (Lipinski definition) is 1. The van der Waals surface area contributed by atoms with Gasteiger partial charge in [-0.2, -0.15) is 0 Å². The summed E-state index contributed by atoms with van der Waals surface area (Å²) in [6, 6.07) is 37.2. The molecule has 3 nitrogen and oxygen atoms in total. The van der Waals surface area contributed by atoms with Gasteiger partial charge in [0.05, 0.1) is 18.2 Å². The van der Waals surface area contributed by atoms with Crippen LogP contribution in [0.3, 0.4) is 0 Å². The van der Waals surface area contributed by atoms with Crippen LogP contribution in [0.1, 0.15) is 35.1 Å². The molecular weight excluding hydrogens is 464 g/mol. The van der Waals surface area contributed by atoms with Gasteiger partial charge in [0.15, 0.2) is 5.69 Å². The lowest BCUT2D eigenvalue weighted by molar-refractivity contribution is 0.0337. The van der Waals surface area contributed by atoms with Crippen LogP contribution in [0.5, 0.6) is 0 Å². The lowest BCUT2D eigenvalue weighted by Gasteiger charge is -2.47. The second kappa shape index (κ2) is 10.7. The van der Waals surface area contributed by atoms with Crippen molar-refractivity contribution in [3.8, 4) is 0 Å². The van der Waals surface area contributed by atoms with Crippen LogP contribution in [0.4, 0.5) is 5.69 Å². The molecule has 0 aliphatic carbocycles. The Hall–Kier alpha value is -3.42. The quantitative estimate of drug-likeness (QED) is 0.217. The number of benzene rings is 4. The number of hydrogen-bond acceptors (Lipinski definition) is 2. The molecule has 4 aromatic rings. The summed E-state index contributed by atoms with van der Waals surface area (Å²) in [5.74, 6) is 0. The van der Waals surface area contributed by atoms with Crippen LogP contribution < -0.4 is 0 Å². The number of aliphatic hydroxyl groups excluding tert-OH is 1. The van der Waals surface area contributed by atoms with Gasteiger partial charge in [-0.15, -0.1) is 0 Å². The topological polar surface area (TPSA) is 27.8 Å². The summed E-state index contributed by atoms with van der Waals surface area (Å²) >= 11 is 6.50. The van der Waals surface area contributed by atoms with Crippen LogP contribution in [0, 0.1) is 6.57 Å². The van der Waals surface area contributed by atoms with Gasteiger partial charge in [0.2, 0.25) is 0 Å². The number of rotatable bonds is 7. The standard InChI is InChI=1S/C32H29ClN2O/c1-34-28-20-19-24(29(33)23-28)22-31(36)30-18-11-21-35(30)32(25-12-5-2-6-13-25,26-14-7-3-8-15-26)27-16-9-4-10-17-27/h2-10,12-17,19-20,23,30-31,36H,11,18,21-22H2/t30-,31+/m0/s1. The van der Waals surface area contributed by atoms with Gasteiger partial charge in [-0.05, 0) is 41.2 Å². The zero-order valence-electron chi connectivity index (χ0n) is 20.1. The molecule has 36 heavy (non-hydrogen) atoms. The van der Waals surface area contributed by atoms with E-state index < -0.39 is 11.6 Å². The molecule has 0 bridgehead atoms. The average molecular weight is 493 g/mol. The van der Waals surface area contributed by atoms with Crippen molar-refractivity contribution in [1.82, 2.24) is 4.90 Å². The first-order valence-electron chi connectivity index (χ1n) is 12.4. The van der Waals surface area contributed by atoms with Crippen LogP contribution in [-0.2, 0) is 12.0 Å². The van der Waals surface area contributed by atoms with Gasteiger partial charge in [-0.3, -0.25) is 4.90 Å². The maximum atomic E-state index is 11.7. The maximum absolute atomic E-state index is 11.7. The first kappa shape index (κ1) is 24.3. The summed E-state index contributed by atoms with van der Waals surface area (Å²) in [7, 11) is 0. The van der Waals surface area contributed by atoms with Crippen LogP contribution in [0.25, 0.3) is 4.85 Å². The van der Waals surface area contributed by atoms with E-state index in [1.807, 2.05) is 6.07 Å². The highest BCUT2D eigenvalue weighted by Crippen LogP contribution is 2.46. The van der Waals surface area contributed by atoms with Crippen molar-refractivity contribution in [3.63, 3.8) is 0 Å². The van der Waals surface area contributed by atoms with Gasteiger partial charge in [-0.25, -0.2) is 4.85 Å². The molecule has 0 unspecified atom stereocenters. The first-order chi connectivity index (χ1) is 17.6. The molecule has 2 atom stereocenters. The van der Waals surface area contributed by atoms with Crippen LogP contribution in [-0.4, -0.2) is 28.7 Å². The Morgan fingerprint density at radius 2 is 1.39 bits per heavy atom. The molecule has 1 saturated heterocycles. The SMILES string of the molecule is [C-]#[N+]c1ccc(C[C@@H](O)[C@@H]2CCCN2C(c2ccccc2)(c2ccccc2)c2ccccc2)c(Cl)c1. The Balaban J connectivity index is 1.63. The van der Waals surface area contributed by atoms with E-state index in [4.69, 9.17) is 18.2 Å². The molecule has 1 N–H and O–H groups in total. The van der Waals surface area contributed by atoms with Crippen LogP contribution in [0.2, 0.25) is 5.02 Å². The second-order valence-electron chi connectivity index (χ2n) is 9.37. The Kier molecular flexibility index (Phi) is 7.20. The normalized spacial score (nSPS) is 17.0. The molecule has 0 aromatic heterocycles. The van der Waals surface area contributed by atoms with E-state index in [1.165, 1.54) is 16.7 Å². The monoisotopic (exact) mass is 492 g/mol. The summed E-state index contributed by atoms with van der Waals surface area (Å²) in [6.45, 7) is 8.11. The van der Waals surface area contributed by atoms with Gasteiger partial charge < -0.3 is 5.11 Å². The van der Waals surface area contributed by atoms with Gasteiger partial charge in [0, 0.05) is 24.0 Å². The van der Waals surface area contributed by atoms with Gasteiger partial charge >= 0.3 is 0 Å². The molecule has 0 saturated carbocycles. The van der Waals surface area contributed by atoms with Crippen LogP contribution >= 0.6 is 11.6 Å². The highest BCUT2D eigenvalue weighted by atomic mass is 35.5. The van der Waals surface area contributed by atoms with Crippen molar-refractivity contribution >= 4 is 17.3 Å². The fourth-order valence-electron chi connectivity index (χ4n) is 5.78. The van der Waals surface area contributed by atoms with Crippen molar-refractivity contribution < 1.29 is 5.11 Å². The van der Waals surface area contributed by atoms with Crippen molar-refractivity contribution in [2.75, 3.05) is 6.54 Å². The molecule has 1 fully saturated rings. The number of nitrogens with zero attached hydrogens (tertiary/aromatic N) is 2. The largest absolute Gasteiger partial charge is 0.391 e. The molecule has 0 radical (unpaired) electrons.